The predicted molar refractivity (Wildman–Crippen MR) is 70.1 cm³/mol. The standard InChI is InChI=1S/C13H22N4/c1-4-12-6-13(16-10(3)15-12)17-8-11(7-14)5-9(17)2/h6,9,11H,4-5,7-8,14H2,1-3H3. The molecule has 17 heavy (non-hydrogen) atoms. The maximum atomic E-state index is 5.76. The number of nitrogens with two attached hydrogens (primary N) is 1. The summed E-state index contributed by atoms with van der Waals surface area (Å²) in [5.74, 6) is 2.53. The first-order valence-corrected chi connectivity index (χ1v) is 6.45. The van der Waals surface area contributed by atoms with Crippen molar-refractivity contribution in [1.29, 1.82) is 0 Å². The van der Waals surface area contributed by atoms with Crippen molar-refractivity contribution in [2.24, 2.45) is 11.7 Å². The molecule has 0 radical (unpaired) electrons. The lowest BCUT2D eigenvalue weighted by Gasteiger charge is -2.23. The molecular weight excluding hydrogens is 212 g/mol. The summed E-state index contributed by atoms with van der Waals surface area (Å²) in [7, 11) is 0. The summed E-state index contributed by atoms with van der Waals surface area (Å²) >= 11 is 0. The lowest BCUT2D eigenvalue weighted by molar-refractivity contribution is 0.579. The van der Waals surface area contributed by atoms with Gasteiger partial charge in [-0.1, -0.05) is 6.92 Å². The van der Waals surface area contributed by atoms with Crippen LogP contribution in [0.5, 0.6) is 0 Å². The molecular formula is C13H22N4. The van der Waals surface area contributed by atoms with Crippen LogP contribution in [0, 0.1) is 12.8 Å². The topological polar surface area (TPSA) is 55.0 Å². The molecule has 4 heteroatoms. The third-order valence-corrected chi connectivity index (χ3v) is 3.53. The highest BCUT2D eigenvalue weighted by Crippen LogP contribution is 2.27. The Morgan fingerprint density at radius 1 is 1.47 bits per heavy atom. The van der Waals surface area contributed by atoms with Gasteiger partial charge in [0.1, 0.15) is 11.6 Å². The van der Waals surface area contributed by atoms with Gasteiger partial charge in [0.15, 0.2) is 0 Å². The molecule has 2 atom stereocenters. The zero-order valence-corrected chi connectivity index (χ0v) is 11.0. The van der Waals surface area contributed by atoms with Gasteiger partial charge in [-0.3, -0.25) is 0 Å². The van der Waals surface area contributed by atoms with Gasteiger partial charge in [0.2, 0.25) is 0 Å². The Balaban J connectivity index is 2.24. The molecule has 0 saturated carbocycles. The first-order chi connectivity index (χ1) is 8.13. The summed E-state index contributed by atoms with van der Waals surface area (Å²) < 4.78 is 0. The summed E-state index contributed by atoms with van der Waals surface area (Å²) in [5, 5.41) is 0. The van der Waals surface area contributed by atoms with Gasteiger partial charge in [0, 0.05) is 24.3 Å². The van der Waals surface area contributed by atoms with Crippen LogP contribution in [0.25, 0.3) is 0 Å². The van der Waals surface area contributed by atoms with E-state index < -0.39 is 0 Å². The van der Waals surface area contributed by atoms with Crippen LogP contribution in [-0.2, 0) is 6.42 Å². The summed E-state index contributed by atoms with van der Waals surface area (Å²) in [6.07, 6.45) is 2.12. The number of hydrogen-bond acceptors (Lipinski definition) is 4. The van der Waals surface area contributed by atoms with Crippen LogP contribution in [0.1, 0.15) is 31.8 Å². The summed E-state index contributed by atoms with van der Waals surface area (Å²) in [6, 6.07) is 2.64. The summed E-state index contributed by atoms with van der Waals surface area (Å²) in [5.41, 5.74) is 6.88. The van der Waals surface area contributed by atoms with Crippen LogP contribution in [-0.4, -0.2) is 29.1 Å². The Morgan fingerprint density at radius 3 is 2.82 bits per heavy atom. The third kappa shape index (κ3) is 2.57. The molecule has 2 unspecified atom stereocenters. The van der Waals surface area contributed by atoms with Crippen LogP contribution in [0.2, 0.25) is 0 Å². The maximum absolute atomic E-state index is 5.76. The highest BCUT2D eigenvalue weighted by atomic mass is 15.2. The summed E-state index contributed by atoms with van der Waals surface area (Å²) in [4.78, 5) is 11.3. The van der Waals surface area contributed by atoms with Crippen molar-refractivity contribution in [1.82, 2.24) is 9.97 Å². The minimum Gasteiger partial charge on any atom is -0.353 e. The number of nitrogens with zero attached hydrogens (tertiary/aromatic N) is 3. The van der Waals surface area contributed by atoms with Crippen LogP contribution in [0.4, 0.5) is 5.82 Å². The second-order valence-corrected chi connectivity index (χ2v) is 4.96. The van der Waals surface area contributed by atoms with E-state index >= 15 is 0 Å². The SMILES string of the molecule is CCc1cc(N2CC(CN)CC2C)nc(C)n1. The normalized spacial score (nSPS) is 24.4. The van der Waals surface area contributed by atoms with Crippen molar-refractivity contribution in [2.45, 2.75) is 39.7 Å². The Hall–Kier alpha value is -1.16. The predicted octanol–water partition coefficient (Wildman–Crippen LogP) is 1.52. The number of aryl methyl sites for hydroxylation is 2. The smallest absolute Gasteiger partial charge is 0.132 e. The number of anilines is 1. The lowest BCUT2D eigenvalue weighted by atomic mass is 10.1. The number of hydrogen-bond donors (Lipinski definition) is 1. The molecule has 4 nitrogen and oxygen atoms in total. The molecule has 1 aliphatic heterocycles. The van der Waals surface area contributed by atoms with Gasteiger partial charge in [-0.25, -0.2) is 9.97 Å². The molecule has 0 amide bonds. The van der Waals surface area contributed by atoms with Gasteiger partial charge >= 0.3 is 0 Å². The average molecular weight is 234 g/mol. The van der Waals surface area contributed by atoms with E-state index in [0.717, 1.165) is 36.8 Å². The number of rotatable bonds is 3. The first kappa shape index (κ1) is 12.3. The highest BCUT2D eigenvalue weighted by molar-refractivity contribution is 5.42. The van der Waals surface area contributed by atoms with Crippen molar-refractivity contribution in [3.05, 3.63) is 17.6 Å². The lowest BCUT2D eigenvalue weighted by Crippen LogP contribution is -2.28. The van der Waals surface area contributed by atoms with Gasteiger partial charge in [-0.2, -0.15) is 0 Å². The Bertz CT molecular complexity index is 391. The van der Waals surface area contributed by atoms with E-state index in [2.05, 4.69) is 34.8 Å². The molecule has 0 bridgehead atoms. The van der Waals surface area contributed by atoms with Crippen LogP contribution < -0.4 is 10.6 Å². The summed E-state index contributed by atoms with van der Waals surface area (Å²) in [6.45, 7) is 8.13. The molecule has 2 N–H and O–H groups in total. The van der Waals surface area contributed by atoms with Crippen molar-refractivity contribution in [3.63, 3.8) is 0 Å². The Morgan fingerprint density at radius 2 is 2.24 bits per heavy atom. The zero-order valence-electron chi connectivity index (χ0n) is 11.0. The van der Waals surface area contributed by atoms with E-state index in [9.17, 15) is 0 Å². The zero-order chi connectivity index (χ0) is 12.4. The highest BCUT2D eigenvalue weighted by Gasteiger charge is 2.29. The molecule has 1 aliphatic rings. The minimum absolute atomic E-state index is 0.530. The van der Waals surface area contributed by atoms with Crippen molar-refractivity contribution in [3.8, 4) is 0 Å². The van der Waals surface area contributed by atoms with E-state index in [1.807, 2.05) is 6.92 Å². The second kappa shape index (κ2) is 5.00. The largest absolute Gasteiger partial charge is 0.353 e. The van der Waals surface area contributed by atoms with Gasteiger partial charge in [0.05, 0.1) is 0 Å². The molecule has 1 fully saturated rings. The molecule has 0 spiro atoms. The molecule has 1 aromatic heterocycles. The fourth-order valence-corrected chi connectivity index (χ4v) is 2.57. The molecule has 1 saturated heterocycles. The van der Waals surface area contributed by atoms with E-state index in [-0.39, 0.29) is 0 Å². The monoisotopic (exact) mass is 234 g/mol. The van der Waals surface area contributed by atoms with E-state index in [4.69, 9.17) is 5.73 Å². The molecule has 2 heterocycles. The van der Waals surface area contributed by atoms with Gasteiger partial charge < -0.3 is 10.6 Å². The minimum atomic E-state index is 0.530. The molecule has 1 aromatic rings. The van der Waals surface area contributed by atoms with E-state index in [0.29, 0.717) is 12.0 Å². The van der Waals surface area contributed by atoms with Crippen LogP contribution in [0.15, 0.2) is 6.07 Å². The third-order valence-electron chi connectivity index (χ3n) is 3.53. The van der Waals surface area contributed by atoms with Gasteiger partial charge in [-0.05, 0) is 39.2 Å². The molecule has 94 valence electrons. The van der Waals surface area contributed by atoms with E-state index in [1.54, 1.807) is 0 Å². The Kier molecular flexibility index (Phi) is 3.62. The van der Waals surface area contributed by atoms with Crippen LogP contribution in [0.3, 0.4) is 0 Å². The fraction of sp³-hybridized carbons (Fsp3) is 0.692. The first-order valence-electron chi connectivity index (χ1n) is 6.45. The maximum Gasteiger partial charge on any atom is 0.132 e. The molecule has 0 aromatic carbocycles. The number of aromatic nitrogens is 2. The van der Waals surface area contributed by atoms with Crippen LogP contribution >= 0.6 is 0 Å². The van der Waals surface area contributed by atoms with Crippen molar-refractivity contribution in [2.75, 3.05) is 18.0 Å². The molecule has 0 aliphatic carbocycles. The second-order valence-electron chi connectivity index (χ2n) is 4.96. The van der Waals surface area contributed by atoms with Gasteiger partial charge in [0.25, 0.3) is 0 Å². The molecule has 2 rings (SSSR count). The van der Waals surface area contributed by atoms with Gasteiger partial charge in [-0.15, -0.1) is 0 Å². The van der Waals surface area contributed by atoms with Crippen molar-refractivity contribution < 1.29 is 0 Å². The quantitative estimate of drug-likeness (QED) is 0.861. The fourth-order valence-electron chi connectivity index (χ4n) is 2.57. The Labute approximate surface area is 103 Å². The van der Waals surface area contributed by atoms with E-state index in [1.165, 1.54) is 6.42 Å². The average Bonchev–Trinajstić information content (AvgIpc) is 2.69. The van der Waals surface area contributed by atoms with Crippen molar-refractivity contribution >= 4 is 5.82 Å².